The Morgan fingerprint density at radius 3 is 2.53 bits per heavy atom. The third-order valence-corrected chi connectivity index (χ3v) is 3.69. The average molecular weight is 266 g/mol. The summed E-state index contributed by atoms with van der Waals surface area (Å²) >= 11 is 0. The number of aliphatic hydroxyl groups excluding tert-OH is 1. The first kappa shape index (κ1) is 14.2. The van der Waals surface area contributed by atoms with Crippen molar-refractivity contribution in [3.05, 3.63) is 23.8 Å². The number of hydrogen-bond acceptors (Lipinski definition) is 4. The predicted molar refractivity (Wildman–Crippen MR) is 72.4 cm³/mol. The lowest BCUT2D eigenvalue weighted by Gasteiger charge is -2.31. The van der Waals surface area contributed by atoms with Crippen LogP contribution < -0.4 is 9.47 Å². The SMILES string of the molecule is COc1cc(CO)ccc1OCC1(O)CCCCC1. The Balaban J connectivity index is 2.02. The van der Waals surface area contributed by atoms with E-state index in [-0.39, 0.29) is 6.61 Å². The normalized spacial score (nSPS) is 18.1. The monoisotopic (exact) mass is 266 g/mol. The van der Waals surface area contributed by atoms with Gasteiger partial charge in [0.2, 0.25) is 0 Å². The number of benzene rings is 1. The molecule has 0 aliphatic heterocycles. The van der Waals surface area contributed by atoms with Crippen molar-refractivity contribution in [3.8, 4) is 11.5 Å². The fourth-order valence-electron chi connectivity index (χ4n) is 2.50. The molecule has 0 radical (unpaired) electrons. The second-order valence-electron chi connectivity index (χ2n) is 5.22. The molecule has 1 aromatic rings. The lowest BCUT2D eigenvalue weighted by Crippen LogP contribution is -2.37. The van der Waals surface area contributed by atoms with Crippen molar-refractivity contribution in [2.24, 2.45) is 0 Å². The van der Waals surface area contributed by atoms with Gasteiger partial charge >= 0.3 is 0 Å². The molecule has 0 bridgehead atoms. The topological polar surface area (TPSA) is 58.9 Å². The molecular weight excluding hydrogens is 244 g/mol. The van der Waals surface area contributed by atoms with Gasteiger partial charge in [-0.2, -0.15) is 0 Å². The van der Waals surface area contributed by atoms with Crippen LogP contribution in [0.2, 0.25) is 0 Å². The van der Waals surface area contributed by atoms with Gasteiger partial charge in [0.1, 0.15) is 6.61 Å². The summed E-state index contributed by atoms with van der Waals surface area (Å²) in [7, 11) is 1.57. The Labute approximate surface area is 114 Å². The van der Waals surface area contributed by atoms with Crippen LogP contribution >= 0.6 is 0 Å². The molecule has 4 heteroatoms. The van der Waals surface area contributed by atoms with E-state index < -0.39 is 5.60 Å². The van der Waals surface area contributed by atoms with E-state index in [9.17, 15) is 5.11 Å². The number of hydrogen-bond donors (Lipinski definition) is 2. The van der Waals surface area contributed by atoms with Crippen LogP contribution in [-0.4, -0.2) is 29.5 Å². The molecule has 0 spiro atoms. The van der Waals surface area contributed by atoms with E-state index in [1.807, 2.05) is 0 Å². The van der Waals surface area contributed by atoms with Crippen LogP contribution in [0.25, 0.3) is 0 Å². The average Bonchev–Trinajstić information content (AvgIpc) is 2.45. The third kappa shape index (κ3) is 3.61. The molecule has 0 heterocycles. The molecule has 1 fully saturated rings. The van der Waals surface area contributed by atoms with E-state index in [0.29, 0.717) is 18.1 Å². The van der Waals surface area contributed by atoms with Gasteiger partial charge in [0.25, 0.3) is 0 Å². The summed E-state index contributed by atoms with van der Waals surface area (Å²) in [6.45, 7) is 0.266. The van der Waals surface area contributed by atoms with Crippen molar-refractivity contribution < 1.29 is 19.7 Å². The zero-order chi connectivity index (χ0) is 13.7. The van der Waals surface area contributed by atoms with Gasteiger partial charge in [-0.3, -0.25) is 0 Å². The quantitative estimate of drug-likeness (QED) is 0.858. The first-order valence-electron chi connectivity index (χ1n) is 6.80. The summed E-state index contributed by atoms with van der Waals surface area (Å²) in [6, 6.07) is 5.32. The van der Waals surface area contributed by atoms with Gasteiger partial charge in [0.15, 0.2) is 11.5 Å². The molecule has 1 saturated carbocycles. The van der Waals surface area contributed by atoms with Gasteiger partial charge in [-0.15, -0.1) is 0 Å². The van der Waals surface area contributed by atoms with E-state index in [2.05, 4.69) is 0 Å². The summed E-state index contributed by atoms with van der Waals surface area (Å²) in [5.74, 6) is 1.20. The van der Waals surface area contributed by atoms with Crippen molar-refractivity contribution in [1.82, 2.24) is 0 Å². The summed E-state index contributed by atoms with van der Waals surface area (Å²) in [4.78, 5) is 0. The van der Waals surface area contributed by atoms with Crippen LogP contribution in [0.3, 0.4) is 0 Å². The largest absolute Gasteiger partial charge is 0.493 e. The lowest BCUT2D eigenvalue weighted by molar-refractivity contribution is -0.0343. The molecule has 0 amide bonds. The molecule has 106 valence electrons. The summed E-state index contributed by atoms with van der Waals surface area (Å²) in [5.41, 5.74) is 0.0689. The first-order chi connectivity index (χ1) is 9.17. The number of aliphatic hydroxyl groups is 2. The smallest absolute Gasteiger partial charge is 0.161 e. The van der Waals surface area contributed by atoms with Crippen molar-refractivity contribution in [2.75, 3.05) is 13.7 Å². The van der Waals surface area contributed by atoms with Crippen LogP contribution in [0.1, 0.15) is 37.7 Å². The first-order valence-corrected chi connectivity index (χ1v) is 6.80. The standard InChI is InChI=1S/C15H22O4/c1-18-14-9-12(10-16)5-6-13(14)19-11-15(17)7-3-2-4-8-15/h5-6,9,16-17H,2-4,7-8,10-11H2,1H3. The summed E-state index contributed by atoms with van der Waals surface area (Å²) < 4.78 is 11.0. The van der Waals surface area contributed by atoms with Crippen LogP contribution in [0.5, 0.6) is 11.5 Å². The molecule has 0 unspecified atom stereocenters. The molecule has 19 heavy (non-hydrogen) atoms. The number of rotatable bonds is 5. The van der Waals surface area contributed by atoms with Crippen LogP contribution in [-0.2, 0) is 6.61 Å². The molecular formula is C15H22O4. The van der Waals surface area contributed by atoms with E-state index in [4.69, 9.17) is 14.6 Å². The van der Waals surface area contributed by atoms with E-state index in [1.54, 1.807) is 25.3 Å². The highest BCUT2D eigenvalue weighted by atomic mass is 16.5. The highest BCUT2D eigenvalue weighted by molar-refractivity contribution is 5.42. The Bertz CT molecular complexity index is 411. The highest BCUT2D eigenvalue weighted by Crippen LogP contribution is 2.32. The minimum absolute atomic E-state index is 0.0272. The van der Waals surface area contributed by atoms with Gasteiger partial charge in [-0.25, -0.2) is 0 Å². The van der Waals surface area contributed by atoms with Crippen molar-refractivity contribution in [1.29, 1.82) is 0 Å². The maximum Gasteiger partial charge on any atom is 0.161 e. The number of ether oxygens (including phenoxy) is 2. The van der Waals surface area contributed by atoms with Crippen LogP contribution in [0.4, 0.5) is 0 Å². The second-order valence-corrected chi connectivity index (χ2v) is 5.22. The Morgan fingerprint density at radius 2 is 1.89 bits per heavy atom. The number of methoxy groups -OCH3 is 1. The molecule has 1 aromatic carbocycles. The van der Waals surface area contributed by atoms with Gasteiger partial charge in [0, 0.05) is 0 Å². The zero-order valence-electron chi connectivity index (χ0n) is 11.4. The molecule has 4 nitrogen and oxygen atoms in total. The summed E-state index contributed by atoms with van der Waals surface area (Å²) in [5, 5.41) is 19.5. The minimum atomic E-state index is -0.709. The summed E-state index contributed by atoms with van der Waals surface area (Å²) in [6.07, 6.45) is 4.89. The lowest BCUT2D eigenvalue weighted by atomic mass is 9.85. The van der Waals surface area contributed by atoms with E-state index in [0.717, 1.165) is 31.2 Å². The van der Waals surface area contributed by atoms with E-state index >= 15 is 0 Å². The highest BCUT2D eigenvalue weighted by Gasteiger charge is 2.30. The maximum atomic E-state index is 10.4. The van der Waals surface area contributed by atoms with Gasteiger partial charge < -0.3 is 19.7 Å². The maximum absolute atomic E-state index is 10.4. The molecule has 0 atom stereocenters. The van der Waals surface area contributed by atoms with Crippen molar-refractivity contribution in [2.45, 2.75) is 44.3 Å². The molecule has 0 aromatic heterocycles. The predicted octanol–water partition coefficient (Wildman–Crippen LogP) is 2.26. The molecule has 1 aliphatic rings. The van der Waals surface area contributed by atoms with Gasteiger partial charge in [0.05, 0.1) is 19.3 Å². The third-order valence-electron chi connectivity index (χ3n) is 3.69. The van der Waals surface area contributed by atoms with Gasteiger partial charge in [-0.05, 0) is 30.5 Å². The van der Waals surface area contributed by atoms with Crippen molar-refractivity contribution >= 4 is 0 Å². The Hall–Kier alpha value is -1.26. The second kappa shape index (κ2) is 6.26. The zero-order valence-corrected chi connectivity index (χ0v) is 11.4. The van der Waals surface area contributed by atoms with E-state index in [1.165, 1.54) is 6.42 Å². The fraction of sp³-hybridized carbons (Fsp3) is 0.600. The molecule has 2 N–H and O–H groups in total. The molecule has 0 saturated heterocycles. The van der Waals surface area contributed by atoms with Gasteiger partial charge in [-0.1, -0.05) is 25.3 Å². The fourth-order valence-corrected chi connectivity index (χ4v) is 2.50. The van der Waals surface area contributed by atoms with Crippen LogP contribution in [0, 0.1) is 0 Å². The molecule has 1 aliphatic carbocycles. The Morgan fingerprint density at radius 1 is 1.16 bits per heavy atom. The Kier molecular flexibility index (Phi) is 4.66. The van der Waals surface area contributed by atoms with Crippen molar-refractivity contribution in [3.63, 3.8) is 0 Å². The minimum Gasteiger partial charge on any atom is -0.493 e. The molecule has 2 rings (SSSR count). The van der Waals surface area contributed by atoms with Crippen LogP contribution in [0.15, 0.2) is 18.2 Å².